The minimum atomic E-state index is -2.33. The Morgan fingerprint density at radius 3 is 0.600 bits per heavy atom. The number of hydrogen-bond acceptors (Lipinski definition) is 10. The molecule has 11 heteroatoms. The fraction of sp³-hybridized carbons (Fsp3) is 0. The van der Waals surface area contributed by atoms with Gasteiger partial charge in [-0.1, -0.05) is 0 Å². The Hall–Kier alpha value is -1.83. The Bertz CT molecular complexity index is 126. The molecule has 0 bridgehead atoms. The molecule has 0 aromatic rings. The minimum absolute atomic E-state index is 0. The second kappa shape index (κ2) is 29.5. The molecule has 15 heavy (non-hydrogen) atoms. The molecule has 90 valence electrons. The van der Waals surface area contributed by atoms with E-state index in [1.54, 1.807) is 0 Å². The van der Waals surface area contributed by atoms with Gasteiger partial charge in [-0.25, -0.2) is 0 Å². The van der Waals surface area contributed by atoms with Crippen LogP contribution in [0.3, 0.4) is 0 Å². The van der Waals surface area contributed by atoms with Crippen molar-refractivity contribution in [1.82, 2.24) is 0 Å². The topological polar surface area (TPSA) is 207 Å². The maximum absolute atomic E-state index is 8.33. The maximum Gasteiger partial charge on any atom is 0.106 e. The quantitative estimate of drug-likeness (QED) is 0.386. The van der Waals surface area contributed by atoms with E-state index in [0.717, 1.165) is 0 Å². The Morgan fingerprint density at radius 2 is 0.600 bits per heavy atom. The van der Waals surface area contributed by atoms with Crippen LogP contribution in [0.5, 0.6) is 0 Å². The summed E-state index contributed by atoms with van der Waals surface area (Å²) in [5, 5.41) is 50.0. The van der Waals surface area contributed by atoms with Gasteiger partial charge in [0, 0.05) is 21.1 Å². The van der Waals surface area contributed by atoms with Crippen LogP contribution in [-0.2, 0) is 25.9 Å². The second-order valence-electron chi connectivity index (χ2n) is 0.750. The Labute approximate surface area is 96.7 Å². The van der Waals surface area contributed by atoms with Crippen molar-refractivity contribution in [3.63, 3.8) is 0 Å². The summed E-state index contributed by atoms with van der Waals surface area (Å²) in [6.07, 6.45) is -7.00. The van der Waals surface area contributed by atoms with E-state index in [9.17, 15) is 0 Å². The van der Waals surface area contributed by atoms with Crippen molar-refractivity contribution < 1.29 is 70.9 Å². The zero-order valence-electron chi connectivity index (χ0n) is 6.70. The zero-order valence-corrected chi connectivity index (χ0v) is 8.70. The molecule has 0 amide bonds. The summed E-state index contributed by atoms with van der Waals surface area (Å²) in [7, 11) is 0. The van der Waals surface area contributed by atoms with Crippen LogP contribution < -0.4 is 30.6 Å². The van der Waals surface area contributed by atoms with Gasteiger partial charge < -0.3 is 49.8 Å². The van der Waals surface area contributed by atoms with Gasteiger partial charge in [0.15, 0.2) is 0 Å². The third-order valence-corrected chi connectivity index (χ3v) is 0. The van der Waals surface area contributed by atoms with Crippen molar-refractivity contribution in [1.29, 1.82) is 0 Å². The molecule has 0 N–H and O–H groups in total. The van der Waals surface area contributed by atoms with Crippen LogP contribution in [0.2, 0.25) is 0 Å². The van der Waals surface area contributed by atoms with E-state index in [4.69, 9.17) is 49.8 Å². The third-order valence-electron chi connectivity index (χ3n) is 0. The molecule has 0 aliphatic rings. The maximum atomic E-state index is 8.33. The average molecular weight is 306 g/mol. The van der Waals surface area contributed by atoms with E-state index in [-0.39, 0.29) is 21.1 Å². The molecule has 0 unspecified atom stereocenters. The Balaban J connectivity index is -0.0000000298. The van der Waals surface area contributed by atoms with Crippen molar-refractivity contribution in [2.45, 2.75) is 0 Å². The summed E-state index contributed by atoms with van der Waals surface area (Å²) >= 11 is 0. The van der Waals surface area contributed by atoms with Crippen LogP contribution in [0.25, 0.3) is 0 Å². The predicted molar refractivity (Wildman–Crippen MR) is 23.3 cm³/mol. The molecule has 0 saturated heterocycles. The SMILES string of the molecule is C=O.O=C([O-])[O-].O=C([O-])[O-].O=C([O-])[O-].[Mo]. The molecule has 10 nitrogen and oxygen atoms in total. The fourth-order valence-corrected chi connectivity index (χ4v) is 0. The van der Waals surface area contributed by atoms with Crippen LogP contribution in [-0.4, -0.2) is 25.3 Å². The largest absolute Gasteiger partial charge is 0.652 e. The molecular weight excluding hydrogens is 304 g/mol. The van der Waals surface area contributed by atoms with Crippen molar-refractivity contribution in [2.75, 3.05) is 0 Å². The van der Waals surface area contributed by atoms with Crippen LogP contribution in [0.15, 0.2) is 0 Å². The number of carbonyl (C=O) groups excluding carboxylic acids is 4. The van der Waals surface area contributed by atoms with Gasteiger partial charge in [-0.05, 0) is 18.5 Å². The molecule has 0 fully saturated rings. The molecule has 0 saturated carbocycles. The number of carboxylic acid groups (broad SMARTS) is 6. The van der Waals surface area contributed by atoms with E-state index < -0.39 is 18.5 Å². The molecule has 0 heterocycles. The van der Waals surface area contributed by atoms with E-state index in [1.165, 1.54) is 0 Å². The molecule has 0 aliphatic carbocycles. The van der Waals surface area contributed by atoms with Gasteiger partial charge in [-0.2, -0.15) is 0 Å². The van der Waals surface area contributed by atoms with Crippen molar-refractivity contribution in [3.05, 3.63) is 0 Å². The van der Waals surface area contributed by atoms with Gasteiger partial charge in [-0.3, -0.25) is 0 Å². The van der Waals surface area contributed by atoms with Crippen LogP contribution >= 0.6 is 0 Å². The molecule has 0 aromatic carbocycles. The Morgan fingerprint density at radius 1 is 0.600 bits per heavy atom. The fourth-order valence-electron chi connectivity index (χ4n) is 0. The van der Waals surface area contributed by atoms with Crippen molar-refractivity contribution in [2.24, 2.45) is 0 Å². The van der Waals surface area contributed by atoms with Gasteiger partial charge in [0.25, 0.3) is 0 Å². The van der Waals surface area contributed by atoms with Crippen LogP contribution in [0.1, 0.15) is 0 Å². The third kappa shape index (κ3) is 375. The Kier molecular flexibility index (Phi) is 57.5. The number of hydrogen-bond donors (Lipinski definition) is 0. The van der Waals surface area contributed by atoms with E-state index in [1.807, 2.05) is 6.79 Å². The van der Waals surface area contributed by atoms with Crippen molar-refractivity contribution >= 4 is 25.3 Å². The summed E-state index contributed by atoms with van der Waals surface area (Å²) < 4.78 is 0. The minimum Gasteiger partial charge on any atom is -0.652 e. The summed E-state index contributed by atoms with van der Waals surface area (Å²) in [5.41, 5.74) is 0. The van der Waals surface area contributed by atoms with E-state index in [2.05, 4.69) is 0 Å². The molecule has 0 rings (SSSR count). The molecule has 0 aromatic heterocycles. The van der Waals surface area contributed by atoms with Gasteiger partial charge >= 0.3 is 0 Å². The molecule has 0 spiro atoms. The second-order valence-corrected chi connectivity index (χ2v) is 0.750. The smallest absolute Gasteiger partial charge is 0.106 e. The van der Waals surface area contributed by atoms with Crippen LogP contribution in [0.4, 0.5) is 14.4 Å². The summed E-state index contributed by atoms with van der Waals surface area (Å²) in [6.45, 7) is 2.00. The number of carbonyl (C=O) groups is 4. The predicted octanol–water partition coefficient (Wildman–Crippen LogP) is -7.53. The number of rotatable bonds is 0. The molecule has 0 aliphatic heterocycles. The molecular formula is C4H2MoO10-6. The monoisotopic (exact) mass is 308 g/mol. The normalized spacial score (nSPS) is 5.07. The van der Waals surface area contributed by atoms with Gasteiger partial charge in [0.05, 0.1) is 0 Å². The van der Waals surface area contributed by atoms with Crippen molar-refractivity contribution in [3.8, 4) is 0 Å². The van der Waals surface area contributed by atoms with Gasteiger partial charge in [-0.15, -0.1) is 0 Å². The first-order chi connectivity index (χ1) is 6.20. The molecule has 0 atom stereocenters. The van der Waals surface area contributed by atoms with Gasteiger partial charge in [0.1, 0.15) is 6.79 Å². The van der Waals surface area contributed by atoms with E-state index >= 15 is 0 Å². The standard InChI is InChI=1S/3CH2O3.CH2O.Mo/c3*2-1(3)4;1-2;/h3*(H2,2,3,4);1H2;/p-6. The molecule has 0 radical (unpaired) electrons. The van der Waals surface area contributed by atoms with E-state index in [0.29, 0.717) is 0 Å². The summed E-state index contributed by atoms with van der Waals surface area (Å²) in [6, 6.07) is 0. The first-order valence-corrected chi connectivity index (χ1v) is 2.13. The van der Waals surface area contributed by atoms with Gasteiger partial charge in [0.2, 0.25) is 0 Å². The first kappa shape index (κ1) is 29.2. The average Bonchev–Trinajstić information content (AvgIpc) is 1.86. The zero-order chi connectivity index (χ0) is 12.7. The summed E-state index contributed by atoms with van der Waals surface area (Å²) in [4.78, 5) is 33.0. The summed E-state index contributed by atoms with van der Waals surface area (Å²) in [5.74, 6) is 0. The van der Waals surface area contributed by atoms with Crippen LogP contribution in [0, 0.1) is 0 Å². The first-order valence-electron chi connectivity index (χ1n) is 2.13.